The van der Waals surface area contributed by atoms with Gasteiger partial charge >= 0.3 is 0 Å². The topological polar surface area (TPSA) is 58.3 Å². The van der Waals surface area contributed by atoms with E-state index < -0.39 is 0 Å². The average Bonchev–Trinajstić information content (AvgIpc) is 2.37. The summed E-state index contributed by atoms with van der Waals surface area (Å²) in [5.74, 6) is 0.112. The molecule has 4 N–H and O–H groups in total. The van der Waals surface area contributed by atoms with Gasteiger partial charge in [-0.1, -0.05) is 31.2 Å². The molecule has 0 radical (unpaired) electrons. The summed E-state index contributed by atoms with van der Waals surface area (Å²) in [5, 5.41) is 12.9. The van der Waals surface area contributed by atoms with Crippen LogP contribution in [0.4, 0.5) is 17.1 Å². The van der Waals surface area contributed by atoms with Crippen molar-refractivity contribution >= 4 is 17.1 Å². The van der Waals surface area contributed by atoms with Gasteiger partial charge < -0.3 is 16.2 Å². The highest BCUT2D eigenvalue weighted by Gasteiger charge is 2.09. The maximum Gasteiger partial charge on any atom is 0.140 e. The number of nitrogen functional groups attached to an aromatic ring is 1. The Kier molecular flexibility index (Phi) is 3.19. The van der Waals surface area contributed by atoms with Crippen molar-refractivity contribution < 1.29 is 5.11 Å². The summed E-state index contributed by atoms with van der Waals surface area (Å²) in [4.78, 5) is 0. The highest BCUT2D eigenvalue weighted by Crippen LogP contribution is 2.34. The Hall–Kier alpha value is -2.16. The van der Waals surface area contributed by atoms with E-state index in [0.717, 1.165) is 23.4 Å². The van der Waals surface area contributed by atoms with Crippen molar-refractivity contribution in [2.24, 2.45) is 0 Å². The smallest absolute Gasteiger partial charge is 0.140 e. The molecule has 0 fully saturated rings. The van der Waals surface area contributed by atoms with Crippen LogP contribution >= 0.6 is 0 Å². The van der Waals surface area contributed by atoms with E-state index in [1.807, 2.05) is 36.4 Å². The van der Waals surface area contributed by atoms with Crippen LogP contribution < -0.4 is 11.1 Å². The summed E-state index contributed by atoms with van der Waals surface area (Å²) in [6, 6.07) is 13.3. The first-order valence-corrected chi connectivity index (χ1v) is 5.64. The first kappa shape index (κ1) is 11.3. The number of hydrogen-bond acceptors (Lipinski definition) is 3. The molecule has 0 aliphatic heterocycles. The lowest BCUT2D eigenvalue weighted by atomic mass is 10.1. The molecule has 0 spiro atoms. The van der Waals surface area contributed by atoms with E-state index in [0.29, 0.717) is 5.69 Å². The fraction of sp³-hybridized carbons (Fsp3) is 0.143. The summed E-state index contributed by atoms with van der Waals surface area (Å²) in [6.45, 7) is 2.06. The van der Waals surface area contributed by atoms with Crippen LogP contribution in [0, 0.1) is 0 Å². The van der Waals surface area contributed by atoms with E-state index in [1.54, 1.807) is 6.07 Å². The monoisotopic (exact) mass is 228 g/mol. The van der Waals surface area contributed by atoms with Gasteiger partial charge in [0.15, 0.2) is 0 Å². The maximum atomic E-state index is 9.63. The van der Waals surface area contributed by atoms with Crippen molar-refractivity contribution in [3.8, 4) is 5.75 Å². The van der Waals surface area contributed by atoms with Gasteiger partial charge in [-0.05, 0) is 30.2 Å². The van der Waals surface area contributed by atoms with Gasteiger partial charge in [0.1, 0.15) is 5.75 Å². The second-order valence-corrected chi connectivity index (χ2v) is 3.88. The summed E-state index contributed by atoms with van der Waals surface area (Å²) >= 11 is 0. The van der Waals surface area contributed by atoms with Crippen molar-refractivity contribution in [1.29, 1.82) is 0 Å². The zero-order valence-electron chi connectivity index (χ0n) is 9.77. The molecule has 0 aromatic heterocycles. The van der Waals surface area contributed by atoms with Gasteiger partial charge in [0.25, 0.3) is 0 Å². The van der Waals surface area contributed by atoms with Crippen molar-refractivity contribution in [2.75, 3.05) is 11.1 Å². The predicted octanol–water partition coefficient (Wildman–Crippen LogP) is 3.28. The lowest BCUT2D eigenvalue weighted by molar-refractivity contribution is 0.478. The lowest BCUT2D eigenvalue weighted by Gasteiger charge is -2.14. The Morgan fingerprint density at radius 1 is 1.12 bits per heavy atom. The van der Waals surface area contributed by atoms with Crippen molar-refractivity contribution in [3.63, 3.8) is 0 Å². The van der Waals surface area contributed by atoms with Crippen molar-refractivity contribution in [1.82, 2.24) is 0 Å². The van der Waals surface area contributed by atoms with Crippen molar-refractivity contribution in [2.45, 2.75) is 13.3 Å². The summed E-state index contributed by atoms with van der Waals surface area (Å²) in [7, 11) is 0. The summed E-state index contributed by atoms with van der Waals surface area (Å²) in [5.41, 5.74) is 9.13. The highest BCUT2D eigenvalue weighted by atomic mass is 16.3. The van der Waals surface area contributed by atoms with E-state index in [9.17, 15) is 5.11 Å². The Morgan fingerprint density at radius 3 is 2.47 bits per heavy atom. The number of anilines is 3. The van der Waals surface area contributed by atoms with Crippen LogP contribution in [0.25, 0.3) is 0 Å². The third-order valence-electron chi connectivity index (χ3n) is 2.73. The Bertz CT molecular complexity index is 509. The summed E-state index contributed by atoms with van der Waals surface area (Å²) < 4.78 is 0. The third-order valence-corrected chi connectivity index (χ3v) is 2.73. The number of nitrogens with two attached hydrogens (primary N) is 1. The first-order valence-electron chi connectivity index (χ1n) is 5.64. The zero-order chi connectivity index (χ0) is 12.3. The number of benzene rings is 2. The molecule has 0 saturated heterocycles. The molecule has 88 valence electrons. The summed E-state index contributed by atoms with van der Waals surface area (Å²) in [6.07, 6.45) is 0.861. The van der Waals surface area contributed by atoms with Crippen molar-refractivity contribution in [3.05, 3.63) is 48.0 Å². The van der Waals surface area contributed by atoms with Gasteiger partial charge in [-0.2, -0.15) is 0 Å². The minimum Gasteiger partial charge on any atom is -0.506 e. The molecule has 3 nitrogen and oxygen atoms in total. The highest BCUT2D eigenvalue weighted by molar-refractivity contribution is 5.80. The molecule has 0 aliphatic carbocycles. The normalized spacial score (nSPS) is 10.2. The molecule has 2 aromatic carbocycles. The molecule has 0 atom stereocenters. The van der Waals surface area contributed by atoms with Crippen LogP contribution in [0.5, 0.6) is 5.75 Å². The molecule has 0 saturated carbocycles. The molecular weight excluding hydrogens is 212 g/mol. The molecule has 3 heteroatoms. The van der Waals surface area contributed by atoms with Crippen LogP contribution in [-0.4, -0.2) is 5.11 Å². The lowest BCUT2D eigenvalue weighted by Crippen LogP contribution is -2.00. The number of aromatic hydroxyl groups is 1. The minimum absolute atomic E-state index is 0.112. The van der Waals surface area contributed by atoms with Gasteiger partial charge in [-0.25, -0.2) is 0 Å². The van der Waals surface area contributed by atoms with E-state index >= 15 is 0 Å². The predicted molar refractivity (Wildman–Crippen MR) is 71.6 cm³/mol. The Morgan fingerprint density at radius 2 is 1.82 bits per heavy atom. The third kappa shape index (κ3) is 2.33. The number of rotatable bonds is 3. The van der Waals surface area contributed by atoms with E-state index in [-0.39, 0.29) is 5.75 Å². The average molecular weight is 228 g/mol. The number of nitrogens with one attached hydrogen (secondary N) is 1. The zero-order valence-corrected chi connectivity index (χ0v) is 9.77. The number of para-hydroxylation sites is 1. The van der Waals surface area contributed by atoms with Crippen LogP contribution in [-0.2, 0) is 6.42 Å². The van der Waals surface area contributed by atoms with Crippen LogP contribution in [0.15, 0.2) is 42.5 Å². The van der Waals surface area contributed by atoms with Crippen LogP contribution in [0.1, 0.15) is 12.5 Å². The largest absolute Gasteiger partial charge is 0.506 e. The van der Waals surface area contributed by atoms with E-state index in [4.69, 9.17) is 5.73 Å². The fourth-order valence-corrected chi connectivity index (χ4v) is 1.76. The molecule has 0 heterocycles. The second-order valence-electron chi connectivity index (χ2n) is 3.88. The van der Waals surface area contributed by atoms with Crippen LogP contribution in [0.3, 0.4) is 0 Å². The number of phenols is 1. The van der Waals surface area contributed by atoms with Gasteiger partial charge in [-0.3, -0.25) is 0 Å². The van der Waals surface area contributed by atoms with E-state index in [1.165, 1.54) is 0 Å². The van der Waals surface area contributed by atoms with E-state index in [2.05, 4.69) is 12.2 Å². The standard InChI is InChI=1S/C14H16N2O/c1-2-10-8-9-12(17)13(15)14(10)16-11-6-4-3-5-7-11/h3-9,16-17H,2,15H2,1H3. The first-order chi connectivity index (χ1) is 8.22. The quantitative estimate of drug-likeness (QED) is 0.558. The molecule has 0 amide bonds. The molecule has 2 aromatic rings. The molecule has 0 bridgehead atoms. The number of aryl methyl sites for hydroxylation is 1. The van der Waals surface area contributed by atoms with Crippen LogP contribution in [0.2, 0.25) is 0 Å². The molecule has 2 rings (SSSR count). The Labute approximate surface area is 101 Å². The van der Waals surface area contributed by atoms with Gasteiger partial charge in [0, 0.05) is 5.69 Å². The van der Waals surface area contributed by atoms with Gasteiger partial charge in [0.05, 0.1) is 11.4 Å². The fourth-order valence-electron chi connectivity index (χ4n) is 1.76. The SMILES string of the molecule is CCc1ccc(O)c(N)c1Nc1ccccc1. The number of hydrogen-bond donors (Lipinski definition) is 3. The molecule has 17 heavy (non-hydrogen) atoms. The molecule has 0 unspecified atom stereocenters. The Balaban J connectivity index is 2.41. The second kappa shape index (κ2) is 4.78. The minimum atomic E-state index is 0.112. The maximum absolute atomic E-state index is 9.63. The number of phenolic OH excluding ortho intramolecular Hbond substituents is 1. The molecular formula is C14H16N2O. The van der Waals surface area contributed by atoms with Gasteiger partial charge in [0.2, 0.25) is 0 Å². The molecule has 0 aliphatic rings. The van der Waals surface area contributed by atoms with Gasteiger partial charge in [-0.15, -0.1) is 0 Å².